The first-order chi connectivity index (χ1) is 12.1. The number of amides is 1. The summed E-state index contributed by atoms with van der Waals surface area (Å²) in [5, 5.41) is 6.77. The predicted octanol–water partition coefficient (Wildman–Crippen LogP) is 2.17. The SMILES string of the molecule is Cc1nc(COc2ccc(C(=O)NC[C@@H](C)N3CCCC3)cc2)no1. The molecule has 1 aromatic heterocycles. The molecule has 0 unspecified atom stereocenters. The van der Waals surface area contributed by atoms with Crippen LogP contribution in [-0.2, 0) is 6.61 Å². The van der Waals surface area contributed by atoms with Crippen LogP contribution in [-0.4, -0.2) is 46.6 Å². The summed E-state index contributed by atoms with van der Waals surface area (Å²) in [5.74, 6) is 1.60. The monoisotopic (exact) mass is 344 g/mol. The summed E-state index contributed by atoms with van der Waals surface area (Å²) in [5.41, 5.74) is 0.622. The number of likely N-dealkylation sites (tertiary alicyclic amines) is 1. The molecule has 0 radical (unpaired) electrons. The summed E-state index contributed by atoms with van der Waals surface area (Å²) in [6.07, 6.45) is 2.51. The Morgan fingerprint density at radius 2 is 2.04 bits per heavy atom. The molecule has 2 heterocycles. The number of aromatic nitrogens is 2. The van der Waals surface area contributed by atoms with Gasteiger partial charge in [0.25, 0.3) is 5.91 Å². The molecule has 134 valence electrons. The van der Waals surface area contributed by atoms with E-state index in [0.717, 1.165) is 13.1 Å². The van der Waals surface area contributed by atoms with Crippen molar-refractivity contribution in [3.05, 3.63) is 41.5 Å². The lowest BCUT2D eigenvalue weighted by molar-refractivity contribution is 0.0940. The summed E-state index contributed by atoms with van der Waals surface area (Å²) in [6, 6.07) is 7.42. The van der Waals surface area contributed by atoms with E-state index in [4.69, 9.17) is 9.26 Å². The molecular formula is C18H24N4O3. The lowest BCUT2D eigenvalue weighted by Crippen LogP contribution is -2.40. The Hall–Kier alpha value is -2.41. The van der Waals surface area contributed by atoms with Crippen LogP contribution in [0.4, 0.5) is 0 Å². The van der Waals surface area contributed by atoms with Crippen molar-refractivity contribution in [3.8, 4) is 5.75 Å². The Labute approximate surface area is 147 Å². The minimum absolute atomic E-state index is 0.0635. The zero-order chi connectivity index (χ0) is 17.6. The van der Waals surface area contributed by atoms with E-state index in [1.807, 2.05) is 0 Å². The lowest BCUT2D eigenvalue weighted by Gasteiger charge is -2.23. The highest BCUT2D eigenvalue weighted by atomic mass is 16.5. The van der Waals surface area contributed by atoms with Gasteiger partial charge in [0.2, 0.25) is 11.7 Å². The van der Waals surface area contributed by atoms with Gasteiger partial charge in [-0.05, 0) is 57.1 Å². The molecule has 0 bridgehead atoms. The van der Waals surface area contributed by atoms with Crippen LogP contribution in [0, 0.1) is 6.92 Å². The summed E-state index contributed by atoms with van der Waals surface area (Å²) in [6.45, 7) is 7.03. The van der Waals surface area contributed by atoms with Gasteiger partial charge in [-0.25, -0.2) is 0 Å². The van der Waals surface area contributed by atoms with Crippen molar-refractivity contribution in [2.24, 2.45) is 0 Å². The van der Waals surface area contributed by atoms with Gasteiger partial charge < -0.3 is 14.6 Å². The molecule has 1 fully saturated rings. The van der Waals surface area contributed by atoms with Crippen molar-refractivity contribution >= 4 is 5.91 Å². The Morgan fingerprint density at radius 1 is 1.32 bits per heavy atom. The summed E-state index contributed by atoms with van der Waals surface area (Å²) in [7, 11) is 0. The molecule has 1 saturated heterocycles. The fourth-order valence-electron chi connectivity index (χ4n) is 2.90. The third kappa shape index (κ3) is 4.79. The van der Waals surface area contributed by atoms with Crippen molar-refractivity contribution < 1.29 is 14.1 Å². The number of carbonyl (C=O) groups excluding carboxylic acids is 1. The van der Waals surface area contributed by atoms with Gasteiger partial charge in [-0.3, -0.25) is 9.69 Å². The number of hydrogen-bond acceptors (Lipinski definition) is 6. The third-order valence-corrected chi connectivity index (χ3v) is 4.38. The van der Waals surface area contributed by atoms with Crippen LogP contribution < -0.4 is 10.1 Å². The molecule has 7 nitrogen and oxygen atoms in total. The largest absolute Gasteiger partial charge is 0.485 e. The average molecular weight is 344 g/mol. The maximum Gasteiger partial charge on any atom is 0.251 e. The van der Waals surface area contributed by atoms with Crippen molar-refractivity contribution in [1.82, 2.24) is 20.4 Å². The first-order valence-electron chi connectivity index (χ1n) is 8.66. The van der Waals surface area contributed by atoms with E-state index < -0.39 is 0 Å². The van der Waals surface area contributed by atoms with Gasteiger partial charge >= 0.3 is 0 Å². The van der Waals surface area contributed by atoms with E-state index in [1.165, 1.54) is 12.8 Å². The Kier molecular flexibility index (Phi) is 5.65. The average Bonchev–Trinajstić information content (AvgIpc) is 3.30. The quantitative estimate of drug-likeness (QED) is 0.829. The molecule has 0 aliphatic carbocycles. The molecule has 1 N–H and O–H groups in total. The predicted molar refractivity (Wildman–Crippen MR) is 92.4 cm³/mol. The van der Waals surface area contributed by atoms with Crippen LogP contribution in [0.25, 0.3) is 0 Å². The second-order valence-electron chi connectivity index (χ2n) is 6.34. The van der Waals surface area contributed by atoms with E-state index in [2.05, 4.69) is 27.3 Å². The minimum atomic E-state index is -0.0635. The van der Waals surface area contributed by atoms with Crippen LogP contribution in [0.15, 0.2) is 28.8 Å². The molecule has 0 spiro atoms. The normalized spacial score (nSPS) is 15.9. The Morgan fingerprint density at radius 3 is 2.68 bits per heavy atom. The standard InChI is InChI=1S/C18H24N4O3/c1-13(22-9-3-4-10-22)11-19-18(23)15-5-7-16(8-6-15)24-12-17-20-14(2)25-21-17/h5-8,13H,3-4,9-12H2,1-2H3,(H,19,23)/t13-/m1/s1. The molecular weight excluding hydrogens is 320 g/mol. The van der Waals surface area contributed by atoms with Gasteiger partial charge in [-0.1, -0.05) is 5.16 Å². The van der Waals surface area contributed by atoms with Crippen molar-refractivity contribution in [3.63, 3.8) is 0 Å². The van der Waals surface area contributed by atoms with Gasteiger partial charge in [-0.2, -0.15) is 4.98 Å². The Bertz CT molecular complexity index is 693. The van der Waals surface area contributed by atoms with Crippen LogP contribution in [0.1, 0.15) is 41.8 Å². The van der Waals surface area contributed by atoms with Crippen LogP contribution in [0.5, 0.6) is 5.75 Å². The van der Waals surface area contributed by atoms with E-state index >= 15 is 0 Å². The number of rotatable bonds is 7. The van der Waals surface area contributed by atoms with Gasteiger partial charge in [0.1, 0.15) is 5.75 Å². The smallest absolute Gasteiger partial charge is 0.251 e. The number of ether oxygens (including phenoxy) is 1. The molecule has 7 heteroatoms. The van der Waals surface area contributed by atoms with E-state index in [1.54, 1.807) is 31.2 Å². The highest BCUT2D eigenvalue weighted by molar-refractivity contribution is 5.94. The van der Waals surface area contributed by atoms with Gasteiger partial charge in [-0.15, -0.1) is 0 Å². The number of nitrogens with zero attached hydrogens (tertiary/aromatic N) is 3. The number of hydrogen-bond donors (Lipinski definition) is 1. The maximum absolute atomic E-state index is 12.3. The minimum Gasteiger partial charge on any atom is -0.485 e. The molecule has 1 aliphatic heterocycles. The first-order valence-corrected chi connectivity index (χ1v) is 8.66. The van der Waals surface area contributed by atoms with Crippen molar-refractivity contribution in [2.75, 3.05) is 19.6 Å². The topological polar surface area (TPSA) is 80.5 Å². The highest BCUT2D eigenvalue weighted by Crippen LogP contribution is 2.14. The molecule has 3 rings (SSSR count). The Balaban J connectivity index is 1.46. The molecule has 25 heavy (non-hydrogen) atoms. The number of benzene rings is 1. The van der Waals surface area contributed by atoms with Gasteiger partial charge in [0.05, 0.1) is 0 Å². The van der Waals surface area contributed by atoms with Crippen molar-refractivity contribution in [1.29, 1.82) is 0 Å². The first kappa shape index (κ1) is 17.4. The van der Waals surface area contributed by atoms with Crippen LogP contribution >= 0.6 is 0 Å². The van der Waals surface area contributed by atoms with E-state index in [9.17, 15) is 4.79 Å². The highest BCUT2D eigenvalue weighted by Gasteiger charge is 2.18. The van der Waals surface area contributed by atoms with E-state index in [0.29, 0.717) is 35.6 Å². The number of aryl methyl sites for hydroxylation is 1. The second kappa shape index (κ2) is 8.11. The van der Waals surface area contributed by atoms with Crippen LogP contribution in [0.3, 0.4) is 0 Å². The fraction of sp³-hybridized carbons (Fsp3) is 0.500. The molecule has 1 aromatic carbocycles. The molecule has 1 aliphatic rings. The molecule has 0 saturated carbocycles. The maximum atomic E-state index is 12.3. The zero-order valence-corrected chi connectivity index (χ0v) is 14.7. The number of nitrogens with one attached hydrogen (secondary N) is 1. The van der Waals surface area contributed by atoms with E-state index in [-0.39, 0.29) is 12.5 Å². The summed E-state index contributed by atoms with van der Waals surface area (Å²) < 4.78 is 10.5. The molecule has 2 aromatic rings. The summed E-state index contributed by atoms with van der Waals surface area (Å²) >= 11 is 0. The second-order valence-corrected chi connectivity index (χ2v) is 6.34. The molecule has 1 amide bonds. The third-order valence-electron chi connectivity index (χ3n) is 4.38. The lowest BCUT2D eigenvalue weighted by atomic mass is 10.2. The molecule has 1 atom stereocenters. The van der Waals surface area contributed by atoms with Gasteiger partial charge in [0.15, 0.2) is 6.61 Å². The van der Waals surface area contributed by atoms with Gasteiger partial charge in [0, 0.05) is 25.1 Å². The van der Waals surface area contributed by atoms with Crippen molar-refractivity contribution in [2.45, 2.75) is 39.3 Å². The summed E-state index contributed by atoms with van der Waals surface area (Å²) in [4.78, 5) is 18.7. The van der Waals surface area contributed by atoms with Crippen LogP contribution in [0.2, 0.25) is 0 Å². The number of carbonyl (C=O) groups is 1. The zero-order valence-electron chi connectivity index (χ0n) is 14.7. The fourth-order valence-corrected chi connectivity index (χ4v) is 2.90.